The smallest absolute Gasteiger partial charge is 0.239 e. The Morgan fingerprint density at radius 2 is 2.05 bits per heavy atom. The maximum absolute atomic E-state index is 12.8. The van der Waals surface area contributed by atoms with Crippen molar-refractivity contribution < 1.29 is 4.79 Å². The fourth-order valence-electron chi connectivity index (χ4n) is 4.52. The van der Waals surface area contributed by atoms with Gasteiger partial charge in [0, 0.05) is 19.1 Å². The zero-order chi connectivity index (χ0) is 14.2. The van der Waals surface area contributed by atoms with Crippen LogP contribution in [-0.4, -0.2) is 36.0 Å². The molecule has 1 saturated carbocycles. The van der Waals surface area contributed by atoms with Gasteiger partial charge in [-0.1, -0.05) is 26.7 Å². The minimum atomic E-state index is 0. The molecule has 0 bridgehead atoms. The van der Waals surface area contributed by atoms with Gasteiger partial charge in [-0.25, -0.2) is 0 Å². The highest BCUT2D eigenvalue weighted by Crippen LogP contribution is 2.36. The molecule has 0 aromatic rings. The highest BCUT2D eigenvalue weighted by molar-refractivity contribution is 5.85. The summed E-state index contributed by atoms with van der Waals surface area (Å²) in [5.74, 6) is 1.15. The number of fused-ring (bicyclic) bond motifs is 1. The molecule has 3 aliphatic rings. The van der Waals surface area contributed by atoms with Gasteiger partial charge in [-0.3, -0.25) is 4.79 Å². The molecule has 3 rings (SSSR count). The number of nitrogens with zero attached hydrogens (tertiary/aromatic N) is 1. The lowest BCUT2D eigenvalue weighted by Crippen LogP contribution is -2.51. The summed E-state index contributed by atoms with van der Waals surface area (Å²) in [7, 11) is 0. The van der Waals surface area contributed by atoms with Gasteiger partial charge in [0.15, 0.2) is 0 Å². The molecule has 2 heterocycles. The monoisotopic (exact) mass is 314 g/mol. The van der Waals surface area contributed by atoms with E-state index in [4.69, 9.17) is 0 Å². The fourth-order valence-corrected chi connectivity index (χ4v) is 4.52. The van der Waals surface area contributed by atoms with Gasteiger partial charge < -0.3 is 10.2 Å². The molecule has 1 N–H and O–H groups in total. The van der Waals surface area contributed by atoms with E-state index < -0.39 is 0 Å². The Kier molecular flexibility index (Phi) is 5.59. The average molecular weight is 315 g/mol. The summed E-state index contributed by atoms with van der Waals surface area (Å²) in [5, 5.41) is 3.64. The average Bonchev–Trinajstić information content (AvgIpc) is 2.90. The van der Waals surface area contributed by atoms with Crippen molar-refractivity contribution in [2.45, 2.75) is 77.3 Å². The van der Waals surface area contributed by atoms with Crippen LogP contribution in [0, 0.1) is 11.3 Å². The number of nitrogens with one attached hydrogen (secondary N) is 1. The Balaban J connectivity index is 0.00000161. The first kappa shape index (κ1) is 17.1. The van der Waals surface area contributed by atoms with E-state index in [1.54, 1.807) is 0 Å². The Morgan fingerprint density at radius 1 is 1.29 bits per heavy atom. The van der Waals surface area contributed by atoms with Gasteiger partial charge in [0.25, 0.3) is 0 Å². The van der Waals surface area contributed by atoms with E-state index in [9.17, 15) is 4.79 Å². The first-order valence-electron chi connectivity index (χ1n) is 8.66. The van der Waals surface area contributed by atoms with Crippen molar-refractivity contribution in [3.8, 4) is 0 Å². The largest absolute Gasteiger partial charge is 0.341 e. The van der Waals surface area contributed by atoms with Crippen LogP contribution in [0.25, 0.3) is 0 Å². The van der Waals surface area contributed by atoms with Crippen LogP contribution in [0.4, 0.5) is 0 Å². The minimum absolute atomic E-state index is 0. The van der Waals surface area contributed by atoms with Crippen LogP contribution in [0.15, 0.2) is 0 Å². The zero-order valence-electron chi connectivity index (χ0n) is 13.6. The maximum atomic E-state index is 12.8. The number of halogens is 1. The molecule has 0 spiro atoms. The number of carbonyl (C=O) groups is 1. The lowest BCUT2D eigenvalue weighted by Gasteiger charge is -2.41. The van der Waals surface area contributed by atoms with E-state index >= 15 is 0 Å². The molecule has 4 atom stereocenters. The third kappa shape index (κ3) is 3.56. The van der Waals surface area contributed by atoms with Crippen LogP contribution in [0.3, 0.4) is 0 Å². The number of piperidine rings is 1. The minimum Gasteiger partial charge on any atom is -0.341 e. The molecule has 2 aliphatic heterocycles. The van der Waals surface area contributed by atoms with Crippen molar-refractivity contribution in [3.63, 3.8) is 0 Å². The molecule has 4 unspecified atom stereocenters. The van der Waals surface area contributed by atoms with Crippen molar-refractivity contribution >= 4 is 18.3 Å². The first-order chi connectivity index (χ1) is 9.61. The molecule has 4 heteroatoms. The van der Waals surface area contributed by atoms with E-state index in [2.05, 4.69) is 24.1 Å². The predicted octanol–water partition coefficient (Wildman–Crippen LogP) is 3.37. The third-order valence-electron chi connectivity index (χ3n) is 6.11. The van der Waals surface area contributed by atoms with Crippen LogP contribution in [0.2, 0.25) is 0 Å². The number of carbonyl (C=O) groups excluding carboxylic acids is 1. The van der Waals surface area contributed by atoms with Gasteiger partial charge >= 0.3 is 0 Å². The molecule has 3 fully saturated rings. The third-order valence-corrected chi connectivity index (χ3v) is 6.11. The zero-order valence-corrected chi connectivity index (χ0v) is 14.4. The molecule has 3 nitrogen and oxygen atoms in total. The van der Waals surface area contributed by atoms with Gasteiger partial charge in [0.1, 0.15) is 0 Å². The van der Waals surface area contributed by atoms with Gasteiger partial charge in [0.05, 0.1) is 6.04 Å². The van der Waals surface area contributed by atoms with Crippen molar-refractivity contribution in [2.24, 2.45) is 11.3 Å². The second-order valence-electron chi connectivity index (χ2n) is 7.63. The van der Waals surface area contributed by atoms with Gasteiger partial charge in [-0.2, -0.15) is 0 Å². The summed E-state index contributed by atoms with van der Waals surface area (Å²) in [5.41, 5.74) is 0.347. The summed E-state index contributed by atoms with van der Waals surface area (Å²) in [6, 6.07) is 0.738. The normalized spacial score (nSPS) is 39.5. The van der Waals surface area contributed by atoms with Crippen molar-refractivity contribution in [1.29, 1.82) is 0 Å². The number of rotatable bonds is 2. The first-order valence-corrected chi connectivity index (χ1v) is 8.66. The quantitative estimate of drug-likeness (QED) is 0.847. The molecule has 0 aromatic carbocycles. The molecular weight excluding hydrogens is 284 g/mol. The van der Waals surface area contributed by atoms with E-state index in [0.717, 1.165) is 25.4 Å². The fraction of sp³-hybridized carbons (Fsp3) is 0.941. The molecular formula is C17H31ClN2O. The lowest BCUT2D eigenvalue weighted by molar-refractivity contribution is -0.136. The second kappa shape index (κ2) is 6.87. The van der Waals surface area contributed by atoms with E-state index in [0.29, 0.717) is 17.4 Å². The Morgan fingerprint density at radius 3 is 2.76 bits per heavy atom. The number of likely N-dealkylation sites (tertiary alicyclic amines) is 1. The van der Waals surface area contributed by atoms with Crippen LogP contribution >= 0.6 is 12.4 Å². The summed E-state index contributed by atoms with van der Waals surface area (Å²) < 4.78 is 0. The summed E-state index contributed by atoms with van der Waals surface area (Å²) in [6.07, 6.45) is 10.0. The van der Waals surface area contributed by atoms with Gasteiger partial charge in [-0.15, -0.1) is 12.4 Å². The predicted molar refractivity (Wildman–Crippen MR) is 88.7 cm³/mol. The molecule has 1 amide bonds. The van der Waals surface area contributed by atoms with Crippen molar-refractivity contribution in [1.82, 2.24) is 10.2 Å². The van der Waals surface area contributed by atoms with Crippen LogP contribution in [-0.2, 0) is 4.79 Å². The summed E-state index contributed by atoms with van der Waals surface area (Å²) in [6.45, 7) is 6.54. The van der Waals surface area contributed by atoms with Crippen molar-refractivity contribution in [2.75, 3.05) is 13.1 Å². The molecule has 122 valence electrons. The van der Waals surface area contributed by atoms with Crippen LogP contribution in [0.5, 0.6) is 0 Å². The molecule has 2 saturated heterocycles. The number of hydrogen-bond acceptors (Lipinski definition) is 2. The maximum Gasteiger partial charge on any atom is 0.239 e. The topological polar surface area (TPSA) is 32.3 Å². The van der Waals surface area contributed by atoms with E-state index in [1.807, 2.05) is 0 Å². The lowest BCUT2D eigenvalue weighted by atomic mass is 9.79. The van der Waals surface area contributed by atoms with E-state index in [1.165, 1.54) is 44.9 Å². The standard InChI is InChI=1S/C17H30N2O.ClH/c1-3-17(2)9-6-10-19(12-17)16(20)15-11-13-7-4-5-8-14(13)18-15;/h13-15,18H,3-12H2,1-2H3;1H. The number of hydrogen-bond donors (Lipinski definition) is 1. The Labute approximate surface area is 135 Å². The molecule has 21 heavy (non-hydrogen) atoms. The summed E-state index contributed by atoms with van der Waals surface area (Å²) >= 11 is 0. The van der Waals surface area contributed by atoms with Gasteiger partial charge in [0.2, 0.25) is 5.91 Å². The highest BCUT2D eigenvalue weighted by Gasteiger charge is 2.41. The number of amides is 1. The highest BCUT2D eigenvalue weighted by atomic mass is 35.5. The van der Waals surface area contributed by atoms with Crippen molar-refractivity contribution in [3.05, 3.63) is 0 Å². The van der Waals surface area contributed by atoms with Crippen LogP contribution < -0.4 is 5.32 Å². The Hall–Kier alpha value is -0.280. The second-order valence-corrected chi connectivity index (χ2v) is 7.63. The molecule has 1 aliphatic carbocycles. The SMILES string of the molecule is CCC1(C)CCCN(C(=O)C2CC3CCCCC3N2)C1.Cl. The Bertz CT molecular complexity index is 362. The summed E-state index contributed by atoms with van der Waals surface area (Å²) in [4.78, 5) is 15.0. The van der Waals surface area contributed by atoms with Gasteiger partial charge in [-0.05, 0) is 49.9 Å². The van der Waals surface area contributed by atoms with E-state index in [-0.39, 0.29) is 18.4 Å². The molecule has 0 aromatic heterocycles. The van der Waals surface area contributed by atoms with Crippen LogP contribution in [0.1, 0.15) is 65.2 Å². The molecule has 0 radical (unpaired) electrons.